The van der Waals surface area contributed by atoms with Gasteiger partial charge in [0.25, 0.3) is 0 Å². The first kappa shape index (κ1) is 29.4. The largest absolute Gasteiger partial charge is 2.00 e. The molecule has 0 bridgehead atoms. The number of carbonyl (C=O) groups excluding carboxylic acids is 1. The Bertz CT molecular complexity index is 401. The van der Waals surface area contributed by atoms with Crippen molar-refractivity contribution in [1.82, 2.24) is 0 Å². The molecule has 1 N–H and O–H groups in total. The maximum absolute atomic E-state index is 9.89. The second kappa shape index (κ2) is 25.3. The summed E-state index contributed by atoms with van der Waals surface area (Å²) in [6.07, 6.45) is 3.97. The van der Waals surface area contributed by atoms with Gasteiger partial charge in [0.2, 0.25) is 0 Å². The Kier molecular flexibility index (Phi) is 32.4. The molecule has 0 amide bonds. The summed E-state index contributed by atoms with van der Waals surface area (Å²) in [5, 5.41) is 9.74. The molecule has 1 aromatic carbocycles. The summed E-state index contributed by atoms with van der Waals surface area (Å²) in [5.74, 6) is 0. The van der Waals surface area contributed by atoms with Gasteiger partial charge in [0.15, 0.2) is 0 Å². The van der Waals surface area contributed by atoms with E-state index in [1.54, 1.807) is 26.2 Å². The van der Waals surface area contributed by atoms with E-state index in [-0.39, 0.29) is 23.2 Å². The van der Waals surface area contributed by atoms with Crippen LogP contribution in [0.5, 0.6) is 0 Å². The minimum absolute atomic E-state index is 0. The second-order valence-corrected chi connectivity index (χ2v) is 3.34. The summed E-state index contributed by atoms with van der Waals surface area (Å²) in [5.41, 5.74) is 0.822. The maximum atomic E-state index is 9.89. The summed E-state index contributed by atoms with van der Waals surface area (Å²) in [4.78, 5) is 9.89. The zero-order valence-corrected chi connectivity index (χ0v) is 13.2. The molecule has 7 heteroatoms. The van der Waals surface area contributed by atoms with Crippen molar-refractivity contribution < 1.29 is 45.7 Å². The quantitative estimate of drug-likeness (QED) is 0.455. The van der Waals surface area contributed by atoms with Gasteiger partial charge < -0.3 is 14.6 Å². The Balaban J connectivity index is -0.000000231. The van der Waals surface area contributed by atoms with Crippen molar-refractivity contribution in [2.24, 2.45) is 0 Å². The van der Waals surface area contributed by atoms with Crippen LogP contribution in [0.4, 0.5) is 0 Å². The molecule has 6 nitrogen and oxygen atoms in total. The summed E-state index contributed by atoms with van der Waals surface area (Å²) >= 11 is 0. The zero-order valence-electron chi connectivity index (χ0n) is 12.1. The van der Waals surface area contributed by atoms with Gasteiger partial charge in [-0.25, -0.2) is 0 Å². The molecular weight excluding hydrogens is 344 g/mol. The molecular formula is C16H14FeO6+. The molecule has 0 spiro atoms. The van der Waals surface area contributed by atoms with Crippen molar-refractivity contribution in [3.05, 3.63) is 75.1 Å². The van der Waals surface area contributed by atoms with Crippen LogP contribution in [0.3, 0.4) is 0 Å². The fourth-order valence-electron chi connectivity index (χ4n) is 1.20. The van der Waals surface area contributed by atoms with E-state index in [4.69, 9.17) is 14.0 Å². The van der Waals surface area contributed by atoms with E-state index in [0.29, 0.717) is 0 Å². The summed E-state index contributed by atoms with van der Waals surface area (Å²) in [6.45, 7) is 16.6. The van der Waals surface area contributed by atoms with Crippen LogP contribution in [-0.4, -0.2) is 17.7 Å². The predicted molar refractivity (Wildman–Crippen MR) is 72.3 cm³/mol. The first-order valence-corrected chi connectivity index (χ1v) is 5.62. The van der Waals surface area contributed by atoms with Crippen molar-refractivity contribution in [1.29, 1.82) is 0 Å². The summed E-state index contributed by atoms with van der Waals surface area (Å²) in [7, 11) is 0. The smallest absolute Gasteiger partial charge is 2.00 e. The average Bonchev–Trinajstić information content (AvgIpc) is 2.61. The number of hydrogen-bond donors (Lipinski definition) is 1. The van der Waals surface area contributed by atoms with E-state index in [2.05, 4.69) is 24.7 Å². The van der Waals surface area contributed by atoms with Gasteiger partial charge in [0.05, 0.1) is 12.2 Å². The summed E-state index contributed by atoms with van der Waals surface area (Å²) < 4.78 is 27.0. The third-order valence-corrected chi connectivity index (χ3v) is 2.05. The molecule has 0 heterocycles. The molecule has 2 atom stereocenters. The number of hydrogen-bond acceptors (Lipinski definition) is 3. The van der Waals surface area contributed by atoms with Crippen LogP contribution in [-0.2, 0) is 40.6 Å². The molecule has 0 saturated carbocycles. The Morgan fingerprint density at radius 2 is 1.57 bits per heavy atom. The second-order valence-electron chi connectivity index (χ2n) is 3.34. The minimum atomic E-state index is -0.648. The Labute approximate surface area is 146 Å². The van der Waals surface area contributed by atoms with Gasteiger partial charge in [-0.15, -0.1) is 0 Å². The third-order valence-electron chi connectivity index (χ3n) is 2.05. The molecule has 0 aliphatic heterocycles. The Hall–Kier alpha value is -1.61. The van der Waals surface area contributed by atoms with E-state index >= 15 is 0 Å². The first-order chi connectivity index (χ1) is 10.7. The van der Waals surface area contributed by atoms with Gasteiger partial charge in [-0.1, -0.05) is 36.8 Å². The topological polar surface area (TPSA) is 106 Å². The van der Waals surface area contributed by atoms with Gasteiger partial charge in [-0.3, -0.25) is 0 Å². The number of ether oxygens (including phenoxy) is 1. The standard InChI is InChI=1S/C13H14O3.3CO.Fe/c1-11(16-10-14)6-5-9-13(15)12-7-3-2-4-8-12;3*1-2;/h2-9,11,13,15H,1H3;;;;/q-1;;;;+2/t11-,13-;;;;/m0..../s1. The average molecular weight is 358 g/mol. The number of aliphatic hydroxyl groups is 1. The van der Waals surface area contributed by atoms with Gasteiger partial charge in [0, 0.05) is 6.42 Å². The first-order valence-electron chi connectivity index (χ1n) is 5.62. The van der Waals surface area contributed by atoms with Crippen LogP contribution in [0, 0.1) is 39.2 Å². The van der Waals surface area contributed by atoms with Crippen molar-refractivity contribution in [2.45, 2.75) is 19.1 Å². The predicted octanol–water partition coefficient (Wildman–Crippen LogP) is 1.69. The molecule has 0 saturated heterocycles. The third kappa shape index (κ3) is 18.3. The van der Waals surface area contributed by atoms with Crippen molar-refractivity contribution in [2.75, 3.05) is 0 Å². The molecule has 0 aromatic heterocycles. The molecule has 121 valence electrons. The molecule has 23 heavy (non-hydrogen) atoms. The van der Waals surface area contributed by atoms with Crippen LogP contribution in [0.15, 0.2) is 30.3 Å². The number of rotatable bonds is 7. The van der Waals surface area contributed by atoms with Gasteiger partial charge in [0.1, 0.15) is 0 Å². The van der Waals surface area contributed by atoms with Crippen molar-refractivity contribution >= 4 is 6.47 Å². The monoisotopic (exact) mass is 358 g/mol. The molecule has 0 aliphatic carbocycles. The van der Waals surface area contributed by atoms with Crippen LogP contribution >= 0.6 is 0 Å². The minimum Gasteiger partial charge on any atom is 2.00 e. The Morgan fingerprint density at radius 1 is 1.09 bits per heavy atom. The number of benzene rings is 1. The molecule has 0 unspecified atom stereocenters. The SMILES string of the molecule is C[C@@H]([CH][CH][CH][C@H](O)c1ccccc1)O[C-]=O.[C-]#[O+].[C-]#[O+].[C-]#[O+].[Fe+2]. The van der Waals surface area contributed by atoms with Gasteiger partial charge in [-0.05, 0) is 25.3 Å². The van der Waals surface area contributed by atoms with Crippen molar-refractivity contribution in [3.8, 4) is 0 Å². The van der Waals surface area contributed by atoms with E-state index in [1.165, 1.54) is 6.47 Å². The van der Waals surface area contributed by atoms with Crippen LogP contribution in [0.2, 0.25) is 0 Å². The van der Waals surface area contributed by atoms with Crippen LogP contribution < -0.4 is 0 Å². The molecule has 3 radical (unpaired) electrons. The normalized spacial score (nSPS) is 10.1. The van der Waals surface area contributed by atoms with Gasteiger partial charge >= 0.3 is 51.0 Å². The van der Waals surface area contributed by atoms with Gasteiger partial charge in [-0.2, -0.15) is 0 Å². The van der Waals surface area contributed by atoms with E-state index < -0.39 is 6.10 Å². The van der Waals surface area contributed by atoms with E-state index in [0.717, 1.165) is 5.56 Å². The van der Waals surface area contributed by atoms with Crippen LogP contribution in [0.1, 0.15) is 18.6 Å². The van der Waals surface area contributed by atoms with Crippen molar-refractivity contribution in [3.63, 3.8) is 0 Å². The summed E-state index contributed by atoms with van der Waals surface area (Å²) in [6, 6.07) is 9.30. The van der Waals surface area contributed by atoms with E-state index in [9.17, 15) is 9.90 Å². The molecule has 0 fully saturated rings. The molecule has 1 aromatic rings. The fourth-order valence-corrected chi connectivity index (χ4v) is 1.20. The maximum Gasteiger partial charge on any atom is 2.00 e. The molecule has 1 rings (SSSR count). The van der Waals surface area contributed by atoms with E-state index in [1.807, 2.05) is 30.3 Å². The number of aliphatic hydroxyl groups excluding tert-OH is 1. The zero-order chi connectivity index (χ0) is 17.8. The Morgan fingerprint density at radius 3 is 2.00 bits per heavy atom. The van der Waals surface area contributed by atoms with Crippen LogP contribution in [0.25, 0.3) is 0 Å². The molecule has 0 aliphatic rings. The fraction of sp³-hybridized carbons (Fsp3) is 0.188.